The summed E-state index contributed by atoms with van der Waals surface area (Å²) in [5.74, 6) is 0.692. The molecule has 3 heteroatoms. The molecule has 2 aliphatic rings. The zero-order chi connectivity index (χ0) is 20.4. The van der Waals surface area contributed by atoms with Crippen molar-refractivity contribution in [2.45, 2.75) is 64.2 Å². The van der Waals surface area contributed by atoms with E-state index in [0.717, 1.165) is 35.5 Å². The summed E-state index contributed by atoms with van der Waals surface area (Å²) >= 11 is 0. The molecule has 29 heavy (non-hydrogen) atoms. The lowest BCUT2D eigenvalue weighted by atomic mass is 9.77. The van der Waals surface area contributed by atoms with Crippen LogP contribution in [0.5, 0.6) is 0 Å². The van der Waals surface area contributed by atoms with Crippen LogP contribution in [-0.2, 0) is 6.42 Å². The fraction of sp³-hybridized carbons (Fsp3) is 0.423. The van der Waals surface area contributed by atoms with E-state index in [9.17, 15) is 4.39 Å². The largest absolute Gasteiger partial charge is 0.206 e. The molecule has 2 aromatic rings. The lowest BCUT2D eigenvalue weighted by Gasteiger charge is -2.29. The van der Waals surface area contributed by atoms with Gasteiger partial charge >= 0.3 is 0 Å². The molecule has 2 aromatic carbocycles. The SMILES string of the molecule is CCCC1CCC(c2ccc(C3=Cc4ccc(C#N)c(F)c4CC3)c(F)c2)CC1. The van der Waals surface area contributed by atoms with Gasteiger partial charge in [0.2, 0.25) is 0 Å². The quantitative estimate of drug-likeness (QED) is 0.533. The van der Waals surface area contributed by atoms with Crippen molar-refractivity contribution in [3.05, 3.63) is 69.8 Å². The van der Waals surface area contributed by atoms with Gasteiger partial charge < -0.3 is 0 Å². The van der Waals surface area contributed by atoms with Crippen molar-refractivity contribution in [2.75, 3.05) is 0 Å². The summed E-state index contributed by atoms with van der Waals surface area (Å²) in [5.41, 5.74) is 4.02. The Labute approximate surface area is 172 Å². The van der Waals surface area contributed by atoms with Gasteiger partial charge in [-0.3, -0.25) is 0 Å². The molecule has 0 spiro atoms. The fourth-order valence-corrected chi connectivity index (χ4v) is 5.08. The Morgan fingerprint density at radius 3 is 2.52 bits per heavy atom. The zero-order valence-electron chi connectivity index (χ0n) is 17.0. The van der Waals surface area contributed by atoms with Crippen molar-refractivity contribution in [3.8, 4) is 6.07 Å². The van der Waals surface area contributed by atoms with E-state index in [2.05, 4.69) is 13.0 Å². The highest BCUT2D eigenvalue weighted by Crippen LogP contribution is 2.39. The van der Waals surface area contributed by atoms with Crippen molar-refractivity contribution in [2.24, 2.45) is 5.92 Å². The standard InChI is InChI=1S/C26H27F2N/c1-2-3-17-4-6-18(7-5-17)19-10-12-23(25(27)15-19)20-11-13-24-21(14-20)8-9-22(16-29)26(24)28/h8-10,12,14-15,17-18H,2-7,11,13H2,1H3. The molecular weight excluding hydrogens is 364 g/mol. The van der Waals surface area contributed by atoms with Crippen LogP contribution in [0.4, 0.5) is 8.78 Å². The summed E-state index contributed by atoms with van der Waals surface area (Å²) in [6.07, 6.45) is 10.3. The fourth-order valence-electron chi connectivity index (χ4n) is 5.08. The van der Waals surface area contributed by atoms with Crippen LogP contribution in [0, 0.1) is 28.9 Å². The van der Waals surface area contributed by atoms with Gasteiger partial charge in [0.1, 0.15) is 17.7 Å². The van der Waals surface area contributed by atoms with Gasteiger partial charge in [0, 0.05) is 5.56 Å². The van der Waals surface area contributed by atoms with Crippen molar-refractivity contribution in [3.63, 3.8) is 0 Å². The first-order valence-corrected chi connectivity index (χ1v) is 10.8. The molecule has 1 fully saturated rings. The molecule has 0 unspecified atom stereocenters. The molecular formula is C26H27F2N. The maximum atomic E-state index is 15.0. The predicted molar refractivity (Wildman–Crippen MR) is 113 cm³/mol. The Hall–Kier alpha value is -2.47. The molecule has 0 heterocycles. The third-order valence-electron chi connectivity index (χ3n) is 6.73. The average Bonchev–Trinajstić information content (AvgIpc) is 2.74. The van der Waals surface area contributed by atoms with Gasteiger partial charge in [0.25, 0.3) is 0 Å². The Morgan fingerprint density at radius 1 is 1.03 bits per heavy atom. The van der Waals surface area contributed by atoms with Gasteiger partial charge in [-0.1, -0.05) is 44.0 Å². The third-order valence-corrected chi connectivity index (χ3v) is 6.73. The number of hydrogen-bond acceptors (Lipinski definition) is 1. The minimum Gasteiger partial charge on any atom is -0.206 e. The molecule has 0 bridgehead atoms. The number of hydrogen-bond donors (Lipinski definition) is 0. The van der Waals surface area contributed by atoms with Gasteiger partial charge in [-0.15, -0.1) is 0 Å². The Morgan fingerprint density at radius 2 is 1.83 bits per heavy atom. The smallest absolute Gasteiger partial charge is 0.144 e. The van der Waals surface area contributed by atoms with Gasteiger partial charge in [0.15, 0.2) is 0 Å². The maximum Gasteiger partial charge on any atom is 0.144 e. The Kier molecular flexibility index (Phi) is 5.81. The lowest BCUT2D eigenvalue weighted by molar-refractivity contribution is 0.308. The van der Waals surface area contributed by atoms with Crippen molar-refractivity contribution in [1.29, 1.82) is 5.26 Å². The first kappa shape index (κ1) is 19.8. The molecule has 0 atom stereocenters. The van der Waals surface area contributed by atoms with Crippen molar-refractivity contribution < 1.29 is 8.78 Å². The van der Waals surface area contributed by atoms with Gasteiger partial charge in [-0.2, -0.15) is 5.26 Å². The summed E-state index contributed by atoms with van der Waals surface area (Å²) in [6, 6.07) is 10.9. The summed E-state index contributed by atoms with van der Waals surface area (Å²) in [7, 11) is 0. The molecule has 0 saturated heterocycles. The topological polar surface area (TPSA) is 23.8 Å². The molecule has 0 radical (unpaired) electrons. The van der Waals surface area contributed by atoms with E-state index in [1.54, 1.807) is 12.1 Å². The van der Waals surface area contributed by atoms with Crippen LogP contribution in [0.1, 0.15) is 85.6 Å². The van der Waals surface area contributed by atoms with Crippen LogP contribution in [0.2, 0.25) is 0 Å². The number of allylic oxidation sites excluding steroid dienone is 1. The van der Waals surface area contributed by atoms with Crippen molar-refractivity contribution in [1.82, 2.24) is 0 Å². The minimum absolute atomic E-state index is 0.0739. The first-order valence-electron chi connectivity index (χ1n) is 10.8. The van der Waals surface area contributed by atoms with Gasteiger partial charge in [0.05, 0.1) is 5.56 Å². The van der Waals surface area contributed by atoms with Crippen LogP contribution in [-0.4, -0.2) is 0 Å². The Balaban J connectivity index is 1.55. The highest BCUT2D eigenvalue weighted by atomic mass is 19.1. The molecule has 4 rings (SSSR count). The second-order valence-electron chi connectivity index (χ2n) is 8.52. The van der Waals surface area contributed by atoms with E-state index in [1.165, 1.54) is 31.7 Å². The number of rotatable bonds is 4. The minimum atomic E-state index is -0.435. The second-order valence-corrected chi connectivity index (χ2v) is 8.52. The van der Waals surface area contributed by atoms with Gasteiger partial charge in [-0.25, -0.2) is 8.78 Å². The normalized spacial score (nSPS) is 21.2. The number of fused-ring (bicyclic) bond motifs is 1. The molecule has 0 aromatic heterocycles. The van der Waals surface area contributed by atoms with E-state index in [-0.39, 0.29) is 11.4 Å². The molecule has 0 N–H and O–H groups in total. The maximum absolute atomic E-state index is 15.0. The van der Waals surface area contributed by atoms with Gasteiger partial charge in [-0.05, 0) is 84.8 Å². The summed E-state index contributed by atoms with van der Waals surface area (Å²) in [6.45, 7) is 2.25. The second kappa shape index (κ2) is 8.49. The highest BCUT2D eigenvalue weighted by molar-refractivity contribution is 5.85. The van der Waals surface area contributed by atoms with E-state index >= 15 is 4.39 Å². The molecule has 150 valence electrons. The van der Waals surface area contributed by atoms with E-state index in [4.69, 9.17) is 5.26 Å². The van der Waals surface area contributed by atoms with E-state index in [0.29, 0.717) is 29.9 Å². The summed E-state index contributed by atoms with van der Waals surface area (Å²) < 4.78 is 29.4. The summed E-state index contributed by atoms with van der Waals surface area (Å²) in [4.78, 5) is 0. The monoisotopic (exact) mass is 391 g/mol. The van der Waals surface area contributed by atoms with E-state index in [1.807, 2.05) is 18.2 Å². The molecule has 1 nitrogen and oxygen atoms in total. The van der Waals surface area contributed by atoms with Crippen LogP contribution in [0.3, 0.4) is 0 Å². The average molecular weight is 392 g/mol. The van der Waals surface area contributed by atoms with Crippen LogP contribution in [0.25, 0.3) is 11.6 Å². The lowest BCUT2D eigenvalue weighted by Crippen LogP contribution is -2.13. The molecule has 2 aliphatic carbocycles. The molecule has 0 aliphatic heterocycles. The molecule has 0 amide bonds. The summed E-state index contributed by atoms with van der Waals surface area (Å²) in [5, 5.41) is 9.01. The number of nitriles is 1. The van der Waals surface area contributed by atoms with Crippen LogP contribution < -0.4 is 0 Å². The predicted octanol–water partition coefficient (Wildman–Crippen LogP) is 7.40. The molecule has 1 saturated carbocycles. The Bertz CT molecular complexity index is 975. The first-order chi connectivity index (χ1) is 14.1. The zero-order valence-corrected chi connectivity index (χ0v) is 17.0. The number of halogens is 2. The third kappa shape index (κ3) is 3.99. The van der Waals surface area contributed by atoms with Crippen LogP contribution >= 0.6 is 0 Å². The highest BCUT2D eigenvalue weighted by Gasteiger charge is 2.24. The number of nitrogens with zero attached hydrogens (tertiary/aromatic N) is 1. The van der Waals surface area contributed by atoms with E-state index < -0.39 is 5.82 Å². The van der Waals surface area contributed by atoms with Crippen molar-refractivity contribution >= 4 is 11.6 Å². The number of benzene rings is 2. The van der Waals surface area contributed by atoms with Crippen LogP contribution in [0.15, 0.2) is 30.3 Å².